The SMILES string of the molecule is COc1ccc(CSCC(COC(=O)C(C)(C)C)NC(=O)c2cc3cc(CO)cc([N+](=O)[O-])c3[nH]2)cc1. The fraction of sp³-hybridized carbons (Fsp3) is 0.385. The molecule has 10 nitrogen and oxygen atoms in total. The standard InChI is InChI=1S/C26H31N3O7S/c1-26(2,3)25(32)36-13-19(15-37-14-16-5-7-20(35-4)8-6-16)27-24(31)21-11-18-9-17(12-30)10-22(29(33)34)23(18)28-21/h5-11,19,28,30H,12-15H2,1-4H3,(H,27,31). The summed E-state index contributed by atoms with van der Waals surface area (Å²) in [5, 5.41) is 24.2. The number of fused-ring (bicyclic) bond motifs is 1. The van der Waals surface area contributed by atoms with Crippen LogP contribution in [0.4, 0.5) is 5.69 Å². The first kappa shape index (κ1) is 28.0. The van der Waals surface area contributed by atoms with E-state index in [0.717, 1.165) is 11.3 Å². The Bertz CT molecular complexity index is 1270. The topological polar surface area (TPSA) is 144 Å². The molecule has 1 unspecified atom stereocenters. The molecule has 0 aliphatic heterocycles. The number of carbonyl (C=O) groups is 2. The number of aliphatic hydroxyl groups is 1. The van der Waals surface area contributed by atoms with E-state index in [-0.39, 0.29) is 36.1 Å². The lowest BCUT2D eigenvalue weighted by molar-refractivity contribution is -0.383. The predicted molar refractivity (Wildman–Crippen MR) is 142 cm³/mol. The molecule has 0 bridgehead atoms. The lowest BCUT2D eigenvalue weighted by Crippen LogP contribution is -2.41. The summed E-state index contributed by atoms with van der Waals surface area (Å²) in [6.45, 7) is 4.86. The number of aromatic nitrogens is 1. The van der Waals surface area contributed by atoms with Crippen molar-refractivity contribution >= 4 is 40.2 Å². The van der Waals surface area contributed by atoms with Crippen molar-refractivity contribution in [2.75, 3.05) is 19.5 Å². The minimum absolute atomic E-state index is 0.0213. The van der Waals surface area contributed by atoms with Crippen molar-refractivity contribution in [3.05, 3.63) is 69.4 Å². The monoisotopic (exact) mass is 529 g/mol. The van der Waals surface area contributed by atoms with Gasteiger partial charge in [0.15, 0.2) is 0 Å². The molecule has 0 aliphatic rings. The highest BCUT2D eigenvalue weighted by Gasteiger charge is 2.26. The molecule has 37 heavy (non-hydrogen) atoms. The van der Waals surface area contributed by atoms with Crippen molar-refractivity contribution in [2.24, 2.45) is 5.41 Å². The number of hydrogen-bond donors (Lipinski definition) is 3. The number of benzene rings is 2. The van der Waals surface area contributed by atoms with Gasteiger partial charge in [-0.3, -0.25) is 19.7 Å². The summed E-state index contributed by atoms with van der Waals surface area (Å²) in [6.07, 6.45) is 0. The summed E-state index contributed by atoms with van der Waals surface area (Å²) in [7, 11) is 1.60. The second-order valence-corrected chi connectivity index (χ2v) is 10.6. The first-order chi connectivity index (χ1) is 17.5. The highest BCUT2D eigenvalue weighted by Crippen LogP contribution is 2.28. The van der Waals surface area contributed by atoms with Crippen LogP contribution < -0.4 is 10.1 Å². The van der Waals surface area contributed by atoms with Gasteiger partial charge in [0.25, 0.3) is 11.6 Å². The zero-order chi connectivity index (χ0) is 27.2. The summed E-state index contributed by atoms with van der Waals surface area (Å²) in [6, 6.07) is 11.5. The van der Waals surface area contributed by atoms with Crippen LogP contribution in [0.2, 0.25) is 0 Å². The smallest absolute Gasteiger partial charge is 0.311 e. The first-order valence-electron chi connectivity index (χ1n) is 11.6. The second kappa shape index (κ2) is 12.1. The molecule has 1 amide bonds. The first-order valence-corrected chi connectivity index (χ1v) is 12.8. The molecule has 0 spiro atoms. The maximum atomic E-state index is 13.1. The summed E-state index contributed by atoms with van der Waals surface area (Å²) in [4.78, 5) is 39.1. The Hall–Kier alpha value is -3.57. The van der Waals surface area contributed by atoms with Crippen molar-refractivity contribution < 1.29 is 29.1 Å². The van der Waals surface area contributed by atoms with Crippen LogP contribution in [0.5, 0.6) is 5.75 Å². The van der Waals surface area contributed by atoms with Crippen LogP contribution in [-0.4, -0.2) is 52.4 Å². The van der Waals surface area contributed by atoms with Crippen molar-refractivity contribution in [3.63, 3.8) is 0 Å². The molecule has 3 aromatic rings. The molecule has 0 saturated heterocycles. The maximum absolute atomic E-state index is 13.1. The van der Waals surface area contributed by atoms with E-state index in [0.29, 0.717) is 22.5 Å². The Morgan fingerprint density at radius 1 is 1.16 bits per heavy atom. The average Bonchev–Trinajstić information content (AvgIpc) is 3.30. The molecular formula is C26H31N3O7S. The zero-order valence-corrected chi connectivity index (χ0v) is 22.0. The zero-order valence-electron chi connectivity index (χ0n) is 21.2. The Morgan fingerprint density at radius 2 is 1.86 bits per heavy atom. The van der Waals surface area contributed by atoms with Crippen molar-refractivity contribution in [3.8, 4) is 5.75 Å². The molecule has 0 aliphatic carbocycles. The summed E-state index contributed by atoms with van der Waals surface area (Å²) in [5.74, 6) is 1.02. The molecule has 11 heteroatoms. The van der Waals surface area contributed by atoms with Gasteiger partial charge in [-0.05, 0) is 56.2 Å². The summed E-state index contributed by atoms with van der Waals surface area (Å²) >= 11 is 1.57. The molecule has 1 atom stereocenters. The fourth-order valence-electron chi connectivity index (χ4n) is 3.47. The van der Waals surface area contributed by atoms with Gasteiger partial charge in [-0.1, -0.05) is 12.1 Å². The molecule has 1 aromatic heterocycles. The molecule has 3 N–H and O–H groups in total. The number of aromatic amines is 1. The van der Waals surface area contributed by atoms with Crippen molar-refractivity contribution in [1.29, 1.82) is 0 Å². The largest absolute Gasteiger partial charge is 0.497 e. The van der Waals surface area contributed by atoms with E-state index in [4.69, 9.17) is 9.47 Å². The van der Waals surface area contributed by atoms with Gasteiger partial charge in [-0.2, -0.15) is 11.8 Å². The molecule has 198 valence electrons. The van der Waals surface area contributed by atoms with Gasteiger partial charge in [0.05, 0.1) is 30.1 Å². The average molecular weight is 530 g/mol. The van der Waals surface area contributed by atoms with Crippen molar-refractivity contribution in [2.45, 2.75) is 39.2 Å². The number of methoxy groups -OCH3 is 1. The van der Waals surface area contributed by atoms with E-state index >= 15 is 0 Å². The van der Waals surface area contributed by atoms with E-state index < -0.39 is 22.3 Å². The quantitative estimate of drug-likeness (QED) is 0.190. The molecule has 0 fully saturated rings. The molecule has 0 saturated carbocycles. The van der Waals surface area contributed by atoms with Crippen LogP contribution >= 0.6 is 11.8 Å². The Morgan fingerprint density at radius 3 is 2.46 bits per heavy atom. The number of amides is 1. The van der Waals surface area contributed by atoms with Crippen LogP contribution in [-0.2, 0) is 21.9 Å². The number of nitro benzene ring substituents is 1. The normalized spacial score (nSPS) is 12.2. The number of esters is 1. The van der Waals surface area contributed by atoms with E-state index in [1.165, 1.54) is 12.1 Å². The minimum atomic E-state index is -0.689. The van der Waals surface area contributed by atoms with Gasteiger partial charge >= 0.3 is 5.97 Å². The molecule has 0 radical (unpaired) electrons. The third-order valence-electron chi connectivity index (χ3n) is 5.50. The van der Waals surface area contributed by atoms with Crippen LogP contribution in [0.1, 0.15) is 42.4 Å². The third kappa shape index (κ3) is 7.46. The number of ether oxygens (including phenoxy) is 2. The fourth-order valence-corrected chi connectivity index (χ4v) is 4.48. The van der Waals surface area contributed by atoms with Crippen LogP contribution in [0.25, 0.3) is 10.9 Å². The summed E-state index contributed by atoms with van der Waals surface area (Å²) < 4.78 is 10.6. The number of hydrogen-bond acceptors (Lipinski definition) is 8. The van der Waals surface area contributed by atoms with E-state index in [1.54, 1.807) is 45.7 Å². The van der Waals surface area contributed by atoms with Crippen LogP contribution in [0.15, 0.2) is 42.5 Å². The van der Waals surface area contributed by atoms with Gasteiger partial charge in [0.2, 0.25) is 0 Å². The van der Waals surface area contributed by atoms with Gasteiger partial charge in [0.1, 0.15) is 23.6 Å². The lowest BCUT2D eigenvalue weighted by atomic mass is 9.97. The lowest BCUT2D eigenvalue weighted by Gasteiger charge is -2.22. The van der Waals surface area contributed by atoms with E-state index in [1.807, 2.05) is 24.3 Å². The number of H-pyrrole nitrogens is 1. The van der Waals surface area contributed by atoms with Crippen molar-refractivity contribution in [1.82, 2.24) is 10.3 Å². The summed E-state index contributed by atoms with van der Waals surface area (Å²) in [5.41, 5.74) is 0.840. The maximum Gasteiger partial charge on any atom is 0.311 e. The molecule has 2 aromatic carbocycles. The number of nitro groups is 1. The number of nitrogens with zero attached hydrogens (tertiary/aromatic N) is 1. The second-order valence-electron chi connectivity index (χ2n) is 9.56. The molecule has 3 rings (SSSR count). The number of rotatable bonds is 11. The third-order valence-corrected chi connectivity index (χ3v) is 6.68. The number of non-ortho nitro benzene ring substituents is 1. The highest BCUT2D eigenvalue weighted by molar-refractivity contribution is 7.98. The predicted octanol–water partition coefficient (Wildman–Crippen LogP) is 4.20. The Kier molecular flexibility index (Phi) is 9.17. The van der Waals surface area contributed by atoms with E-state index in [2.05, 4.69) is 10.3 Å². The molecule has 1 heterocycles. The highest BCUT2D eigenvalue weighted by atomic mass is 32.2. The Balaban J connectivity index is 1.74. The van der Waals surface area contributed by atoms with E-state index in [9.17, 15) is 24.8 Å². The van der Waals surface area contributed by atoms with Gasteiger partial charge in [-0.25, -0.2) is 0 Å². The molecular weight excluding hydrogens is 498 g/mol. The number of thioether (sulfide) groups is 1. The number of aliphatic hydroxyl groups excluding tert-OH is 1. The number of nitrogens with one attached hydrogen (secondary N) is 2. The van der Waals surface area contributed by atoms with Gasteiger partial charge in [-0.15, -0.1) is 0 Å². The Labute approximate surface area is 218 Å². The minimum Gasteiger partial charge on any atom is -0.497 e. The van der Waals surface area contributed by atoms with Crippen LogP contribution in [0, 0.1) is 15.5 Å². The van der Waals surface area contributed by atoms with Crippen LogP contribution in [0.3, 0.4) is 0 Å². The van der Waals surface area contributed by atoms with Gasteiger partial charge in [0, 0.05) is 23.0 Å². The number of carbonyl (C=O) groups excluding carboxylic acids is 2. The van der Waals surface area contributed by atoms with Gasteiger partial charge < -0.3 is 24.9 Å².